The van der Waals surface area contributed by atoms with Crippen molar-refractivity contribution < 1.29 is 26.7 Å². The van der Waals surface area contributed by atoms with Gasteiger partial charge in [0.25, 0.3) is 0 Å². The van der Waals surface area contributed by atoms with Gasteiger partial charge in [0.15, 0.2) is 17.5 Å². The van der Waals surface area contributed by atoms with Gasteiger partial charge in [0, 0.05) is 12.1 Å². The van der Waals surface area contributed by atoms with Gasteiger partial charge in [0.05, 0.1) is 5.92 Å². The summed E-state index contributed by atoms with van der Waals surface area (Å²) in [6.07, 6.45) is 6.30. The van der Waals surface area contributed by atoms with Crippen LogP contribution in [-0.2, 0) is 0 Å². The molecular formula is C22H27F5O. The highest BCUT2D eigenvalue weighted by Gasteiger charge is 2.44. The van der Waals surface area contributed by atoms with Crippen LogP contribution >= 0.6 is 0 Å². The van der Waals surface area contributed by atoms with Gasteiger partial charge in [-0.3, -0.25) is 0 Å². The molecule has 6 heteroatoms. The van der Waals surface area contributed by atoms with E-state index < -0.39 is 35.2 Å². The predicted octanol–water partition coefficient (Wildman–Crippen LogP) is 7.26. The molecule has 156 valence electrons. The minimum absolute atomic E-state index is 0.311. The fraction of sp³-hybridized carbons (Fsp3) is 0.636. The first kappa shape index (κ1) is 21.1. The van der Waals surface area contributed by atoms with E-state index in [1.165, 1.54) is 25.7 Å². The second-order valence-corrected chi connectivity index (χ2v) is 8.33. The van der Waals surface area contributed by atoms with Crippen LogP contribution in [0.1, 0.15) is 57.8 Å². The summed E-state index contributed by atoms with van der Waals surface area (Å²) in [7, 11) is 0. The lowest BCUT2D eigenvalue weighted by Crippen LogP contribution is -2.37. The number of halogens is 5. The lowest BCUT2D eigenvalue weighted by Gasteiger charge is -2.35. The maximum Gasteiger partial charge on any atom is 0.400 e. The van der Waals surface area contributed by atoms with E-state index in [2.05, 4.69) is 11.3 Å². The number of benzene rings is 1. The Morgan fingerprint density at radius 3 is 1.89 bits per heavy atom. The molecule has 1 aromatic rings. The first-order valence-electron chi connectivity index (χ1n) is 10.1. The van der Waals surface area contributed by atoms with Gasteiger partial charge in [-0.15, -0.1) is 6.58 Å². The SMILES string of the molecule is C=CC1CCC(CC2CCC(C(F)(F)Oc3cc(F)c(F)c(F)c3)CC2)CC1. The molecule has 28 heavy (non-hydrogen) atoms. The molecule has 1 nitrogen and oxygen atoms in total. The Bertz CT molecular complexity index is 650. The first-order valence-corrected chi connectivity index (χ1v) is 10.1. The third-order valence-corrected chi connectivity index (χ3v) is 6.42. The summed E-state index contributed by atoms with van der Waals surface area (Å²) in [5.74, 6) is -4.75. The van der Waals surface area contributed by atoms with Crippen molar-refractivity contribution in [3.05, 3.63) is 42.2 Å². The highest BCUT2D eigenvalue weighted by molar-refractivity contribution is 5.25. The highest BCUT2D eigenvalue weighted by Crippen LogP contribution is 2.43. The molecule has 0 aliphatic heterocycles. The van der Waals surface area contributed by atoms with Crippen molar-refractivity contribution in [1.82, 2.24) is 0 Å². The summed E-state index contributed by atoms with van der Waals surface area (Å²) >= 11 is 0. The van der Waals surface area contributed by atoms with Gasteiger partial charge >= 0.3 is 6.11 Å². The zero-order valence-electron chi connectivity index (χ0n) is 15.9. The zero-order valence-corrected chi connectivity index (χ0v) is 15.9. The summed E-state index contributed by atoms with van der Waals surface area (Å²) < 4.78 is 72.9. The summed E-state index contributed by atoms with van der Waals surface area (Å²) in [4.78, 5) is 0. The van der Waals surface area contributed by atoms with Crippen LogP contribution in [0.4, 0.5) is 22.0 Å². The monoisotopic (exact) mass is 402 g/mol. The number of hydrogen-bond acceptors (Lipinski definition) is 1. The molecule has 0 spiro atoms. The van der Waals surface area contributed by atoms with Gasteiger partial charge in [-0.2, -0.15) is 8.78 Å². The lowest BCUT2D eigenvalue weighted by atomic mass is 9.73. The molecule has 0 radical (unpaired) electrons. The average molecular weight is 402 g/mol. The van der Waals surface area contributed by atoms with Crippen LogP contribution in [0.2, 0.25) is 0 Å². The predicted molar refractivity (Wildman–Crippen MR) is 97.6 cm³/mol. The lowest BCUT2D eigenvalue weighted by molar-refractivity contribution is -0.223. The molecule has 2 aliphatic rings. The molecule has 0 atom stereocenters. The molecule has 0 N–H and O–H groups in total. The Morgan fingerprint density at radius 2 is 1.39 bits per heavy atom. The van der Waals surface area contributed by atoms with Gasteiger partial charge < -0.3 is 4.74 Å². The Labute approximate surface area is 163 Å². The molecule has 1 aromatic carbocycles. The molecule has 2 fully saturated rings. The standard InChI is InChI=1S/C22H27F5O/c1-2-14-3-5-15(6-4-14)11-16-7-9-17(10-8-16)22(26,27)28-18-12-19(23)21(25)20(24)13-18/h2,12-17H,1,3-11H2. The van der Waals surface area contributed by atoms with E-state index in [9.17, 15) is 22.0 Å². The van der Waals surface area contributed by atoms with Crippen molar-refractivity contribution in [3.8, 4) is 5.75 Å². The van der Waals surface area contributed by atoms with Crippen molar-refractivity contribution in [3.63, 3.8) is 0 Å². The molecule has 0 heterocycles. The molecule has 0 amide bonds. The zero-order chi connectivity index (χ0) is 20.3. The van der Waals surface area contributed by atoms with Crippen LogP contribution in [0, 0.1) is 41.1 Å². The topological polar surface area (TPSA) is 9.23 Å². The van der Waals surface area contributed by atoms with Crippen molar-refractivity contribution in [2.45, 2.75) is 63.9 Å². The van der Waals surface area contributed by atoms with E-state index in [0.717, 1.165) is 6.42 Å². The molecule has 0 aromatic heterocycles. The number of allylic oxidation sites excluding steroid dienone is 1. The van der Waals surface area contributed by atoms with Gasteiger partial charge in [-0.1, -0.05) is 6.08 Å². The summed E-state index contributed by atoms with van der Waals surface area (Å²) in [5.41, 5.74) is 0. The fourth-order valence-electron chi connectivity index (χ4n) is 4.70. The average Bonchev–Trinajstić information content (AvgIpc) is 2.67. The van der Waals surface area contributed by atoms with E-state index in [-0.39, 0.29) is 0 Å². The van der Waals surface area contributed by atoms with E-state index in [1.54, 1.807) is 0 Å². The van der Waals surface area contributed by atoms with Crippen LogP contribution in [0.5, 0.6) is 5.75 Å². The third-order valence-electron chi connectivity index (χ3n) is 6.42. The summed E-state index contributed by atoms with van der Waals surface area (Å²) in [6, 6.07) is 0.912. The van der Waals surface area contributed by atoms with Crippen LogP contribution in [0.15, 0.2) is 24.8 Å². The van der Waals surface area contributed by atoms with E-state index in [1.807, 2.05) is 6.08 Å². The van der Waals surface area contributed by atoms with E-state index >= 15 is 0 Å². The minimum atomic E-state index is -3.54. The number of ether oxygens (including phenoxy) is 1. The molecule has 2 saturated carbocycles. The second kappa shape index (κ2) is 8.83. The molecule has 0 unspecified atom stereocenters. The van der Waals surface area contributed by atoms with Crippen LogP contribution in [0.25, 0.3) is 0 Å². The second-order valence-electron chi connectivity index (χ2n) is 8.33. The summed E-state index contributed by atoms with van der Waals surface area (Å²) in [5, 5.41) is 0. The van der Waals surface area contributed by atoms with Gasteiger partial charge in [-0.25, -0.2) is 13.2 Å². The van der Waals surface area contributed by atoms with Gasteiger partial charge in [0.1, 0.15) is 5.75 Å². The smallest absolute Gasteiger partial charge is 0.400 e. The van der Waals surface area contributed by atoms with Crippen LogP contribution in [-0.4, -0.2) is 6.11 Å². The third kappa shape index (κ3) is 5.06. The molecule has 0 saturated heterocycles. The Balaban J connectivity index is 1.50. The molecule has 0 bridgehead atoms. The van der Waals surface area contributed by atoms with Crippen LogP contribution in [0.3, 0.4) is 0 Å². The van der Waals surface area contributed by atoms with Gasteiger partial charge in [-0.05, 0) is 75.5 Å². The highest BCUT2D eigenvalue weighted by atomic mass is 19.3. The number of hydrogen-bond donors (Lipinski definition) is 0. The summed E-state index contributed by atoms with van der Waals surface area (Å²) in [6.45, 7) is 3.86. The van der Waals surface area contributed by atoms with Gasteiger partial charge in [0.2, 0.25) is 0 Å². The largest absolute Gasteiger partial charge is 0.432 e. The Morgan fingerprint density at radius 1 is 0.893 bits per heavy atom. The Hall–Kier alpha value is -1.59. The molecule has 2 aliphatic carbocycles. The number of alkyl halides is 2. The Kier molecular flexibility index (Phi) is 6.66. The van der Waals surface area contributed by atoms with Crippen LogP contribution < -0.4 is 4.74 Å². The van der Waals surface area contributed by atoms with Crippen molar-refractivity contribution >= 4 is 0 Å². The fourth-order valence-corrected chi connectivity index (χ4v) is 4.70. The van der Waals surface area contributed by atoms with Crippen molar-refractivity contribution in [2.24, 2.45) is 23.7 Å². The van der Waals surface area contributed by atoms with Crippen molar-refractivity contribution in [2.75, 3.05) is 0 Å². The molecular weight excluding hydrogens is 375 g/mol. The number of rotatable bonds is 6. The minimum Gasteiger partial charge on any atom is -0.432 e. The van der Waals surface area contributed by atoms with E-state index in [0.29, 0.717) is 55.6 Å². The first-order chi connectivity index (χ1) is 13.3. The quantitative estimate of drug-likeness (QED) is 0.276. The van der Waals surface area contributed by atoms with E-state index in [4.69, 9.17) is 0 Å². The maximum absolute atomic E-state index is 14.5. The maximum atomic E-state index is 14.5. The van der Waals surface area contributed by atoms with Crippen molar-refractivity contribution in [1.29, 1.82) is 0 Å². The normalized spacial score (nSPS) is 28.8. The molecule has 3 rings (SSSR count).